The third-order valence-corrected chi connectivity index (χ3v) is 5.48. The molecule has 0 bridgehead atoms. The lowest BCUT2D eigenvalue weighted by atomic mass is 9.79. The minimum absolute atomic E-state index is 0.323. The van der Waals surface area contributed by atoms with Gasteiger partial charge in [0.2, 0.25) is 0 Å². The van der Waals surface area contributed by atoms with E-state index in [9.17, 15) is 0 Å². The maximum absolute atomic E-state index is 5.53. The molecule has 0 radical (unpaired) electrons. The Hall–Kier alpha value is -0.420. The second kappa shape index (κ2) is 5.29. The van der Waals surface area contributed by atoms with E-state index in [1.165, 1.54) is 31.6 Å². The number of thiophene rings is 1. The molecule has 0 atom stereocenters. The van der Waals surface area contributed by atoms with Crippen molar-refractivity contribution in [1.29, 1.82) is 0 Å². The highest BCUT2D eigenvalue weighted by Crippen LogP contribution is 2.40. The average molecular weight is 266 g/mol. The van der Waals surface area contributed by atoms with Crippen molar-refractivity contribution in [3.63, 3.8) is 0 Å². The van der Waals surface area contributed by atoms with Crippen LogP contribution in [-0.2, 0) is 10.2 Å². The van der Waals surface area contributed by atoms with Gasteiger partial charge in [-0.15, -0.1) is 11.3 Å². The van der Waals surface area contributed by atoms with Gasteiger partial charge in [0.25, 0.3) is 0 Å². The Kier molecular flexibility index (Phi) is 3.71. The number of piperazine rings is 1. The zero-order valence-electron chi connectivity index (χ0n) is 11.1. The number of aryl methyl sites for hydroxylation is 1. The zero-order valence-corrected chi connectivity index (χ0v) is 11.9. The molecule has 0 amide bonds. The van der Waals surface area contributed by atoms with Crippen LogP contribution < -0.4 is 5.32 Å². The van der Waals surface area contributed by atoms with Crippen LogP contribution in [0.25, 0.3) is 0 Å². The first-order valence-corrected chi connectivity index (χ1v) is 7.74. The molecule has 0 unspecified atom stereocenters. The van der Waals surface area contributed by atoms with E-state index >= 15 is 0 Å². The fraction of sp³-hybridized carbons (Fsp3) is 0.714. The Balaban J connectivity index is 1.64. The SMILES string of the molecule is Cc1ccsc1C1(CCN2CCNCC2)COC1. The molecule has 2 aliphatic rings. The highest BCUT2D eigenvalue weighted by atomic mass is 32.1. The first-order valence-electron chi connectivity index (χ1n) is 6.86. The summed E-state index contributed by atoms with van der Waals surface area (Å²) in [6.07, 6.45) is 1.24. The summed E-state index contributed by atoms with van der Waals surface area (Å²) in [5.41, 5.74) is 1.77. The quantitative estimate of drug-likeness (QED) is 0.896. The van der Waals surface area contributed by atoms with E-state index in [-0.39, 0.29) is 0 Å². The maximum atomic E-state index is 5.53. The normalized spacial score (nSPS) is 23.8. The Labute approximate surface area is 113 Å². The molecule has 4 heteroatoms. The van der Waals surface area contributed by atoms with Crippen molar-refractivity contribution in [2.75, 3.05) is 45.9 Å². The summed E-state index contributed by atoms with van der Waals surface area (Å²) in [5, 5.41) is 5.63. The van der Waals surface area contributed by atoms with Crippen molar-refractivity contribution in [1.82, 2.24) is 10.2 Å². The summed E-state index contributed by atoms with van der Waals surface area (Å²) in [5.74, 6) is 0. The number of hydrogen-bond donors (Lipinski definition) is 1. The van der Waals surface area contributed by atoms with Gasteiger partial charge in [-0.1, -0.05) is 0 Å². The van der Waals surface area contributed by atoms with Crippen LogP contribution in [0.2, 0.25) is 0 Å². The van der Waals surface area contributed by atoms with E-state index < -0.39 is 0 Å². The lowest BCUT2D eigenvalue weighted by molar-refractivity contribution is -0.0663. The van der Waals surface area contributed by atoms with Crippen molar-refractivity contribution >= 4 is 11.3 Å². The summed E-state index contributed by atoms with van der Waals surface area (Å²) in [7, 11) is 0. The van der Waals surface area contributed by atoms with Gasteiger partial charge in [0, 0.05) is 31.1 Å². The van der Waals surface area contributed by atoms with Crippen LogP contribution in [0.3, 0.4) is 0 Å². The molecule has 1 N–H and O–H groups in total. The molecule has 0 spiro atoms. The van der Waals surface area contributed by atoms with Crippen LogP contribution in [0.5, 0.6) is 0 Å². The summed E-state index contributed by atoms with van der Waals surface area (Å²) in [4.78, 5) is 4.14. The van der Waals surface area contributed by atoms with Crippen molar-refractivity contribution in [2.45, 2.75) is 18.8 Å². The molecule has 2 fully saturated rings. The molecule has 0 saturated carbocycles. The molecule has 2 saturated heterocycles. The van der Waals surface area contributed by atoms with Crippen molar-refractivity contribution in [2.24, 2.45) is 0 Å². The molecule has 3 nitrogen and oxygen atoms in total. The summed E-state index contributed by atoms with van der Waals surface area (Å²) in [6, 6.07) is 2.24. The van der Waals surface area contributed by atoms with E-state index in [0.29, 0.717) is 5.41 Å². The van der Waals surface area contributed by atoms with Gasteiger partial charge in [-0.25, -0.2) is 0 Å². The Morgan fingerprint density at radius 1 is 1.39 bits per heavy atom. The smallest absolute Gasteiger partial charge is 0.0594 e. The van der Waals surface area contributed by atoms with Gasteiger partial charge in [-0.05, 0) is 36.9 Å². The molecule has 3 heterocycles. The third kappa shape index (κ3) is 2.35. The van der Waals surface area contributed by atoms with Crippen molar-refractivity contribution in [3.8, 4) is 0 Å². The van der Waals surface area contributed by atoms with Gasteiger partial charge < -0.3 is 15.0 Å². The van der Waals surface area contributed by atoms with Gasteiger partial charge in [0.1, 0.15) is 0 Å². The summed E-state index contributed by atoms with van der Waals surface area (Å²) < 4.78 is 5.53. The van der Waals surface area contributed by atoms with E-state index in [4.69, 9.17) is 4.74 Å². The predicted octanol–water partition coefficient (Wildman–Crippen LogP) is 1.62. The van der Waals surface area contributed by atoms with Crippen LogP contribution in [0.1, 0.15) is 16.9 Å². The van der Waals surface area contributed by atoms with E-state index in [0.717, 1.165) is 26.3 Å². The molecule has 1 aromatic heterocycles. The van der Waals surface area contributed by atoms with Gasteiger partial charge in [-0.3, -0.25) is 0 Å². The Morgan fingerprint density at radius 2 is 2.17 bits per heavy atom. The molecule has 18 heavy (non-hydrogen) atoms. The molecule has 3 rings (SSSR count). The number of nitrogens with zero attached hydrogens (tertiary/aromatic N) is 1. The van der Waals surface area contributed by atoms with Crippen molar-refractivity contribution < 1.29 is 4.74 Å². The van der Waals surface area contributed by atoms with Gasteiger partial charge in [0.05, 0.1) is 18.6 Å². The fourth-order valence-corrected chi connectivity index (χ4v) is 4.09. The van der Waals surface area contributed by atoms with Crippen molar-refractivity contribution in [3.05, 3.63) is 21.9 Å². The predicted molar refractivity (Wildman–Crippen MR) is 75.5 cm³/mol. The highest BCUT2D eigenvalue weighted by molar-refractivity contribution is 7.10. The lowest BCUT2D eigenvalue weighted by Crippen LogP contribution is -2.50. The lowest BCUT2D eigenvalue weighted by Gasteiger charge is -2.43. The number of ether oxygens (including phenoxy) is 1. The first-order chi connectivity index (χ1) is 8.80. The standard InChI is InChI=1S/C14H22N2OS/c1-12-2-9-18-13(12)14(10-17-11-14)3-6-16-7-4-15-5-8-16/h2,9,15H,3-8,10-11H2,1H3. The van der Waals surface area contributed by atoms with E-state index in [1.807, 2.05) is 11.3 Å². The molecule has 0 aromatic carbocycles. The Bertz CT molecular complexity index is 394. The van der Waals surface area contributed by atoms with E-state index in [2.05, 4.69) is 28.6 Å². The average Bonchev–Trinajstić information content (AvgIpc) is 2.76. The monoisotopic (exact) mass is 266 g/mol. The van der Waals surface area contributed by atoms with Gasteiger partial charge in [0.15, 0.2) is 0 Å². The second-order valence-corrected chi connectivity index (χ2v) is 6.46. The zero-order chi connectivity index (χ0) is 12.4. The molecule has 1 aromatic rings. The minimum atomic E-state index is 0.323. The molecule has 100 valence electrons. The van der Waals surface area contributed by atoms with Crippen LogP contribution in [0.15, 0.2) is 11.4 Å². The van der Waals surface area contributed by atoms with Gasteiger partial charge in [-0.2, -0.15) is 0 Å². The van der Waals surface area contributed by atoms with Crippen LogP contribution in [0, 0.1) is 6.92 Å². The van der Waals surface area contributed by atoms with E-state index in [1.54, 1.807) is 4.88 Å². The topological polar surface area (TPSA) is 24.5 Å². The van der Waals surface area contributed by atoms with Gasteiger partial charge >= 0.3 is 0 Å². The summed E-state index contributed by atoms with van der Waals surface area (Å²) in [6.45, 7) is 9.95. The highest BCUT2D eigenvalue weighted by Gasteiger charge is 2.42. The van der Waals surface area contributed by atoms with Crippen LogP contribution >= 0.6 is 11.3 Å². The number of hydrogen-bond acceptors (Lipinski definition) is 4. The fourth-order valence-electron chi connectivity index (χ4n) is 2.96. The largest absolute Gasteiger partial charge is 0.379 e. The molecule has 0 aliphatic carbocycles. The first kappa shape index (κ1) is 12.6. The second-order valence-electron chi connectivity index (χ2n) is 5.55. The Morgan fingerprint density at radius 3 is 2.72 bits per heavy atom. The third-order valence-electron chi connectivity index (χ3n) is 4.22. The number of rotatable bonds is 4. The molecule has 2 aliphatic heterocycles. The van der Waals surface area contributed by atoms with Crippen LogP contribution in [0.4, 0.5) is 0 Å². The van der Waals surface area contributed by atoms with Crippen LogP contribution in [-0.4, -0.2) is 50.8 Å². The molecular formula is C14H22N2OS. The number of nitrogens with one attached hydrogen (secondary N) is 1. The minimum Gasteiger partial charge on any atom is -0.379 e. The molecular weight excluding hydrogens is 244 g/mol. The summed E-state index contributed by atoms with van der Waals surface area (Å²) >= 11 is 1.91. The maximum Gasteiger partial charge on any atom is 0.0594 e.